The summed E-state index contributed by atoms with van der Waals surface area (Å²) < 4.78 is 10.6. The molecule has 1 amide bonds. The Morgan fingerprint density at radius 2 is 1.65 bits per heavy atom. The highest BCUT2D eigenvalue weighted by atomic mass is 16.3. The number of hydrogen-bond acceptors (Lipinski definition) is 4. The summed E-state index contributed by atoms with van der Waals surface area (Å²) in [5, 5.41) is 2.71. The third-order valence-electron chi connectivity index (χ3n) is 3.47. The highest BCUT2D eigenvalue weighted by molar-refractivity contribution is 6.31. The molecule has 20 heavy (non-hydrogen) atoms. The van der Waals surface area contributed by atoms with Crippen LogP contribution in [0, 0.1) is 0 Å². The van der Waals surface area contributed by atoms with Crippen LogP contribution in [0.1, 0.15) is 17.9 Å². The Balaban J connectivity index is 1.95. The van der Waals surface area contributed by atoms with Crippen molar-refractivity contribution in [3.05, 3.63) is 59.5 Å². The molecule has 2 aliphatic rings. The van der Waals surface area contributed by atoms with E-state index in [1.54, 1.807) is 24.3 Å². The molecule has 0 bridgehead atoms. The lowest BCUT2D eigenvalue weighted by Crippen LogP contribution is -2.16. The number of carbonyl (C=O) groups excluding carboxylic acids is 2. The lowest BCUT2D eigenvalue weighted by Gasteiger charge is -2.01. The number of ketones is 1. The van der Waals surface area contributed by atoms with Gasteiger partial charge in [-0.1, -0.05) is 0 Å². The summed E-state index contributed by atoms with van der Waals surface area (Å²) >= 11 is 0. The van der Waals surface area contributed by atoms with Crippen molar-refractivity contribution in [1.82, 2.24) is 5.32 Å². The number of hydrogen-bond donors (Lipinski definition) is 1. The number of furan rings is 2. The summed E-state index contributed by atoms with van der Waals surface area (Å²) in [6.07, 6.45) is 3.20. The van der Waals surface area contributed by atoms with E-state index >= 15 is 0 Å². The predicted molar refractivity (Wildman–Crippen MR) is 69.0 cm³/mol. The van der Waals surface area contributed by atoms with Crippen LogP contribution < -0.4 is 5.32 Å². The SMILES string of the molecule is O=C1CC(c2ccco2)=C2C(=O)NC(c3ccco3)=C12. The Morgan fingerprint density at radius 1 is 0.950 bits per heavy atom. The lowest BCUT2D eigenvalue weighted by atomic mass is 10.1. The van der Waals surface area contributed by atoms with Crippen LogP contribution >= 0.6 is 0 Å². The Morgan fingerprint density at radius 3 is 2.30 bits per heavy atom. The first-order valence-corrected chi connectivity index (χ1v) is 6.16. The van der Waals surface area contributed by atoms with Crippen LogP contribution in [0.2, 0.25) is 0 Å². The Bertz CT molecular complexity index is 708. The first kappa shape index (κ1) is 11.0. The molecule has 0 fully saturated rings. The highest BCUT2D eigenvalue weighted by Crippen LogP contribution is 2.42. The summed E-state index contributed by atoms with van der Waals surface area (Å²) in [7, 11) is 0. The Labute approximate surface area is 113 Å². The predicted octanol–water partition coefficient (Wildman–Crippen LogP) is 2.14. The fraction of sp³-hybridized carbons (Fsp3) is 0.0667. The molecule has 0 aromatic carbocycles. The number of rotatable bonds is 2. The van der Waals surface area contributed by atoms with Crippen molar-refractivity contribution >= 4 is 23.0 Å². The minimum Gasteiger partial charge on any atom is -0.465 e. The largest absolute Gasteiger partial charge is 0.465 e. The van der Waals surface area contributed by atoms with Crippen LogP contribution in [0.15, 0.2) is 56.8 Å². The quantitative estimate of drug-likeness (QED) is 0.904. The van der Waals surface area contributed by atoms with E-state index in [9.17, 15) is 9.59 Å². The maximum Gasteiger partial charge on any atom is 0.257 e. The maximum absolute atomic E-state index is 12.2. The Hall–Kier alpha value is -2.82. The van der Waals surface area contributed by atoms with Crippen LogP contribution in [0.25, 0.3) is 11.3 Å². The van der Waals surface area contributed by atoms with Gasteiger partial charge in [-0.3, -0.25) is 9.59 Å². The van der Waals surface area contributed by atoms with Crippen molar-refractivity contribution in [2.24, 2.45) is 0 Å². The minimum atomic E-state index is -0.288. The molecule has 1 aliphatic heterocycles. The zero-order chi connectivity index (χ0) is 13.7. The molecule has 0 atom stereocenters. The van der Waals surface area contributed by atoms with E-state index in [2.05, 4.69) is 5.32 Å². The van der Waals surface area contributed by atoms with Crippen LogP contribution in [0.4, 0.5) is 0 Å². The van der Waals surface area contributed by atoms with Crippen molar-refractivity contribution in [3.63, 3.8) is 0 Å². The molecule has 1 N–H and O–H groups in total. The first-order valence-electron chi connectivity index (χ1n) is 6.16. The molecule has 98 valence electrons. The standard InChI is InChI=1S/C15H9NO4/c17-9-7-8(10-3-1-5-19-10)12-13(9)14(16-15(12)18)11-4-2-6-20-11/h1-6H,7H2,(H,16,18). The molecule has 0 spiro atoms. The second kappa shape index (κ2) is 3.84. The zero-order valence-corrected chi connectivity index (χ0v) is 10.3. The zero-order valence-electron chi connectivity index (χ0n) is 10.3. The first-order chi connectivity index (χ1) is 9.75. The average Bonchev–Trinajstić information content (AvgIpc) is 3.17. The average molecular weight is 267 g/mol. The van der Waals surface area contributed by atoms with Crippen molar-refractivity contribution in [2.45, 2.75) is 6.42 Å². The minimum absolute atomic E-state index is 0.101. The summed E-state index contributed by atoms with van der Waals surface area (Å²) in [5.74, 6) is 0.649. The van der Waals surface area contributed by atoms with Gasteiger partial charge in [0.15, 0.2) is 11.5 Å². The second-order valence-corrected chi connectivity index (χ2v) is 4.61. The molecule has 5 nitrogen and oxygen atoms in total. The van der Waals surface area contributed by atoms with Crippen molar-refractivity contribution in [3.8, 4) is 0 Å². The van der Waals surface area contributed by atoms with Crippen LogP contribution in [0.3, 0.4) is 0 Å². The summed E-state index contributed by atoms with van der Waals surface area (Å²) in [5.41, 5.74) is 1.88. The third kappa shape index (κ3) is 1.37. The molecule has 1 aliphatic carbocycles. The topological polar surface area (TPSA) is 72.5 Å². The maximum atomic E-state index is 12.2. The van der Waals surface area contributed by atoms with Crippen molar-refractivity contribution in [1.29, 1.82) is 0 Å². The van der Waals surface area contributed by atoms with E-state index in [1.807, 2.05) is 0 Å². The van der Waals surface area contributed by atoms with Crippen molar-refractivity contribution < 1.29 is 18.4 Å². The molecule has 0 radical (unpaired) electrons. The molecular weight excluding hydrogens is 258 g/mol. The molecule has 0 unspecified atom stereocenters. The Kier molecular flexibility index (Phi) is 2.12. The van der Waals surface area contributed by atoms with E-state index in [4.69, 9.17) is 8.83 Å². The van der Waals surface area contributed by atoms with Gasteiger partial charge in [-0.15, -0.1) is 0 Å². The highest BCUT2D eigenvalue weighted by Gasteiger charge is 2.41. The monoisotopic (exact) mass is 267 g/mol. The number of fused-ring (bicyclic) bond motifs is 1. The molecule has 3 heterocycles. The van der Waals surface area contributed by atoms with E-state index in [-0.39, 0.29) is 18.1 Å². The van der Waals surface area contributed by atoms with Gasteiger partial charge in [0.25, 0.3) is 5.91 Å². The van der Waals surface area contributed by atoms with Gasteiger partial charge in [0, 0.05) is 12.0 Å². The fourth-order valence-electron chi connectivity index (χ4n) is 2.65. The van der Waals surface area contributed by atoms with Gasteiger partial charge >= 0.3 is 0 Å². The molecule has 2 aromatic rings. The van der Waals surface area contributed by atoms with Gasteiger partial charge in [-0.05, 0) is 24.3 Å². The molecule has 2 aromatic heterocycles. The van der Waals surface area contributed by atoms with E-state index in [1.165, 1.54) is 12.5 Å². The number of amides is 1. The van der Waals surface area contributed by atoms with Crippen molar-refractivity contribution in [2.75, 3.05) is 0 Å². The lowest BCUT2D eigenvalue weighted by molar-refractivity contribution is -0.116. The van der Waals surface area contributed by atoms with Crippen LogP contribution in [0.5, 0.6) is 0 Å². The summed E-state index contributed by atoms with van der Waals surface area (Å²) in [6.45, 7) is 0. The van der Waals surface area contributed by atoms with Crippen LogP contribution in [-0.4, -0.2) is 11.7 Å². The van der Waals surface area contributed by atoms with Gasteiger partial charge in [-0.25, -0.2) is 0 Å². The van der Waals surface area contributed by atoms with Gasteiger partial charge in [-0.2, -0.15) is 0 Å². The molecule has 0 saturated carbocycles. The van der Waals surface area contributed by atoms with E-state index < -0.39 is 0 Å². The van der Waals surface area contributed by atoms with Gasteiger partial charge in [0.1, 0.15) is 5.76 Å². The summed E-state index contributed by atoms with van der Waals surface area (Å²) in [4.78, 5) is 24.4. The number of Topliss-reactive ketones (excluding diaryl/α,β-unsaturated/α-hetero) is 1. The van der Waals surface area contributed by atoms with Gasteiger partial charge < -0.3 is 14.2 Å². The number of nitrogens with one attached hydrogen (secondary N) is 1. The van der Waals surface area contributed by atoms with E-state index in [0.29, 0.717) is 33.9 Å². The third-order valence-corrected chi connectivity index (χ3v) is 3.47. The fourth-order valence-corrected chi connectivity index (χ4v) is 2.65. The van der Waals surface area contributed by atoms with E-state index in [0.717, 1.165) is 0 Å². The smallest absolute Gasteiger partial charge is 0.257 e. The summed E-state index contributed by atoms with van der Waals surface area (Å²) in [6, 6.07) is 6.90. The molecule has 5 heteroatoms. The number of allylic oxidation sites excluding steroid dienone is 1. The van der Waals surface area contributed by atoms with Gasteiger partial charge in [0.2, 0.25) is 0 Å². The van der Waals surface area contributed by atoms with Gasteiger partial charge in [0.05, 0.1) is 29.4 Å². The molecule has 0 saturated heterocycles. The van der Waals surface area contributed by atoms with Crippen LogP contribution in [-0.2, 0) is 9.59 Å². The number of carbonyl (C=O) groups is 2. The molecule has 4 rings (SSSR count). The molecular formula is C15H9NO4. The normalized spacial score (nSPS) is 18.0. The second-order valence-electron chi connectivity index (χ2n) is 4.61.